The maximum absolute atomic E-state index is 5.69. The SMILES string of the molecule is CCNC(=NCc1cccc(COC(C)C)c1)NC1CCC(SC)C1. The van der Waals surface area contributed by atoms with E-state index in [0.29, 0.717) is 19.2 Å². The quantitative estimate of drug-likeness (QED) is 0.542. The van der Waals surface area contributed by atoms with Crippen LogP contribution in [0.1, 0.15) is 51.2 Å². The molecule has 5 heteroatoms. The maximum Gasteiger partial charge on any atom is 0.191 e. The Labute approximate surface area is 157 Å². The third-order valence-corrected chi connectivity index (χ3v) is 5.49. The lowest BCUT2D eigenvalue weighted by atomic mass is 10.1. The van der Waals surface area contributed by atoms with Crippen LogP contribution in [0.2, 0.25) is 0 Å². The number of guanidine groups is 1. The lowest BCUT2D eigenvalue weighted by Gasteiger charge is -2.17. The van der Waals surface area contributed by atoms with Crippen LogP contribution in [0.4, 0.5) is 0 Å². The van der Waals surface area contributed by atoms with Crippen molar-refractivity contribution in [1.82, 2.24) is 10.6 Å². The van der Waals surface area contributed by atoms with E-state index in [1.807, 2.05) is 11.8 Å². The van der Waals surface area contributed by atoms with Crippen LogP contribution in [0.25, 0.3) is 0 Å². The highest BCUT2D eigenvalue weighted by Crippen LogP contribution is 2.28. The van der Waals surface area contributed by atoms with Crippen molar-refractivity contribution in [2.45, 2.75) is 70.6 Å². The van der Waals surface area contributed by atoms with E-state index >= 15 is 0 Å². The number of aliphatic imine (C=N–C) groups is 1. The smallest absolute Gasteiger partial charge is 0.191 e. The molecule has 0 saturated heterocycles. The fourth-order valence-electron chi connectivity index (χ4n) is 3.05. The van der Waals surface area contributed by atoms with E-state index in [9.17, 15) is 0 Å². The molecule has 0 radical (unpaired) electrons. The van der Waals surface area contributed by atoms with Gasteiger partial charge < -0.3 is 15.4 Å². The molecule has 0 heterocycles. The van der Waals surface area contributed by atoms with Gasteiger partial charge in [-0.1, -0.05) is 24.3 Å². The first kappa shape index (κ1) is 20.1. The van der Waals surface area contributed by atoms with Gasteiger partial charge in [-0.2, -0.15) is 11.8 Å². The summed E-state index contributed by atoms with van der Waals surface area (Å²) in [5.41, 5.74) is 2.42. The van der Waals surface area contributed by atoms with Crippen LogP contribution in [0.3, 0.4) is 0 Å². The Morgan fingerprint density at radius 3 is 2.80 bits per heavy atom. The van der Waals surface area contributed by atoms with Gasteiger partial charge in [-0.25, -0.2) is 4.99 Å². The summed E-state index contributed by atoms with van der Waals surface area (Å²) in [6, 6.07) is 9.06. The molecule has 1 aliphatic rings. The Hall–Kier alpha value is -1.20. The van der Waals surface area contributed by atoms with Gasteiger partial charge in [-0.15, -0.1) is 0 Å². The van der Waals surface area contributed by atoms with E-state index in [1.54, 1.807) is 0 Å². The van der Waals surface area contributed by atoms with Crippen molar-refractivity contribution in [2.24, 2.45) is 4.99 Å². The Kier molecular flexibility index (Phi) is 8.62. The number of nitrogens with zero attached hydrogens (tertiary/aromatic N) is 1. The molecular weight excluding hydrogens is 330 g/mol. The molecule has 0 bridgehead atoms. The van der Waals surface area contributed by atoms with Crippen molar-refractivity contribution >= 4 is 17.7 Å². The van der Waals surface area contributed by atoms with E-state index in [1.165, 1.54) is 30.4 Å². The number of rotatable bonds is 8. The van der Waals surface area contributed by atoms with Gasteiger partial charge in [0.25, 0.3) is 0 Å². The van der Waals surface area contributed by atoms with Gasteiger partial charge >= 0.3 is 0 Å². The fourth-order valence-corrected chi connectivity index (χ4v) is 3.85. The van der Waals surface area contributed by atoms with Crippen molar-refractivity contribution in [1.29, 1.82) is 0 Å². The summed E-state index contributed by atoms with van der Waals surface area (Å²) in [6.07, 6.45) is 6.23. The first-order valence-electron chi connectivity index (χ1n) is 9.37. The highest BCUT2D eigenvalue weighted by molar-refractivity contribution is 7.99. The molecule has 1 fully saturated rings. The zero-order valence-corrected chi connectivity index (χ0v) is 16.9. The Bertz CT molecular complexity index is 547. The summed E-state index contributed by atoms with van der Waals surface area (Å²) >= 11 is 1.98. The fraction of sp³-hybridized carbons (Fsp3) is 0.650. The Morgan fingerprint density at radius 2 is 2.12 bits per heavy atom. The minimum absolute atomic E-state index is 0.253. The van der Waals surface area contributed by atoms with Gasteiger partial charge in [0.05, 0.1) is 19.3 Å². The van der Waals surface area contributed by atoms with Crippen molar-refractivity contribution in [3.05, 3.63) is 35.4 Å². The van der Waals surface area contributed by atoms with E-state index in [-0.39, 0.29) is 6.10 Å². The molecule has 1 aromatic carbocycles. The number of thioether (sulfide) groups is 1. The van der Waals surface area contributed by atoms with E-state index in [0.717, 1.165) is 17.8 Å². The third-order valence-electron chi connectivity index (χ3n) is 4.40. The molecule has 2 unspecified atom stereocenters. The minimum atomic E-state index is 0.253. The lowest BCUT2D eigenvalue weighted by molar-refractivity contribution is 0.0657. The van der Waals surface area contributed by atoms with Crippen molar-refractivity contribution in [2.75, 3.05) is 12.8 Å². The second-order valence-corrected chi connectivity index (χ2v) is 8.02. The summed E-state index contributed by atoms with van der Waals surface area (Å²) in [5.74, 6) is 0.929. The summed E-state index contributed by atoms with van der Waals surface area (Å²) in [6.45, 7) is 8.46. The molecule has 0 amide bonds. The monoisotopic (exact) mass is 363 g/mol. The summed E-state index contributed by atoms with van der Waals surface area (Å²) < 4.78 is 5.69. The largest absolute Gasteiger partial charge is 0.374 e. The van der Waals surface area contributed by atoms with Crippen molar-refractivity contribution in [3.8, 4) is 0 Å². The van der Waals surface area contributed by atoms with Crippen molar-refractivity contribution < 1.29 is 4.74 Å². The molecular formula is C20H33N3OS. The molecule has 0 aromatic heterocycles. The molecule has 2 rings (SSSR count). The topological polar surface area (TPSA) is 45.7 Å². The average molecular weight is 364 g/mol. The van der Waals surface area contributed by atoms with Gasteiger partial charge in [0.2, 0.25) is 0 Å². The normalized spacial score (nSPS) is 20.9. The number of hydrogen-bond donors (Lipinski definition) is 2. The average Bonchev–Trinajstić information content (AvgIpc) is 3.06. The maximum atomic E-state index is 5.69. The van der Waals surface area contributed by atoms with Crippen LogP contribution in [-0.4, -0.2) is 36.2 Å². The van der Waals surface area contributed by atoms with Crippen molar-refractivity contribution in [3.63, 3.8) is 0 Å². The predicted octanol–water partition coefficient (Wildman–Crippen LogP) is 3.95. The molecule has 0 spiro atoms. The minimum Gasteiger partial charge on any atom is -0.374 e. The second kappa shape index (κ2) is 10.7. The molecule has 2 atom stereocenters. The first-order valence-corrected chi connectivity index (χ1v) is 10.7. The van der Waals surface area contributed by atoms with E-state index in [4.69, 9.17) is 9.73 Å². The lowest BCUT2D eigenvalue weighted by Crippen LogP contribution is -2.42. The van der Waals surface area contributed by atoms with Gasteiger partial charge in [-0.3, -0.25) is 0 Å². The molecule has 25 heavy (non-hydrogen) atoms. The van der Waals surface area contributed by atoms with E-state index < -0.39 is 0 Å². The zero-order chi connectivity index (χ0) is 18.1. The summed E-state index contributed by atoms with van der Waals surface area (Å²) in [5, 5.41) is 7.77. The molecule has 1 saturated carbocycles. The standard InChI is InChI=1S/C20H33N3OS/c1-5-21-20(23-18-9-10-19(12-18)25-4)22-13-16-7-6-8-17(11-16)14-24-15(2)3/h6-8,11,15,18-19H,5,9-10,12-14H2,1-4H3,(H2,21,22,23). The number of benzene rings is 1. The molecule has 1 aromatic rings. The molecule has 0 aliphatic heterocycles. The summed E-state index contributed by atoms with van der Waals surface area (Å²) in [4.78, 5) is 4.78. The number of nitrogens with one attached hydrogen (secondary N) is 2. The van der Waals surface area contributed by atoms with Crippen LogP contribution < -0.4 is 10.6 Å². The second-order valence-electron chi connectivity index (χ2n) is 6.89. The Balaban J connectivity index is 1.92. The Morgan fingerprint density at radius 1 is 1.32 bits per heavy atom. The third kappa shape index (κ3) is 7.28. The number of hydrogen-bond acceptors (Lipinski definition) is 3. The predicted molar refractivity (Wildman–Crippen MR) is 109 cm³/mol. The molecule has 1 aliphatic carbocycles. The van der Waals surface area contributed by atoms with Gasteiger partial charge in [-0.05, 0) is 57.4 Å². The van der Waals surface area contributed by atoms with Crippen LogP contribution in [0, 0.1) is 0 Å². The molecule has 140 valence electrons. The van der Waals surface area contributed by atoms with Crippen LogP contribution in [0.15, 0.2) is 29.3 Å². The molecule has 2 N–H and O–H groups in total. The zero-order valence-electron chi connectivity index (χ0n) is 16.0. The van der Waals surface area contributed by atoms with Gasteiger partial charge in [0.1, 0.15) is 0 Å². The molecule has 4 nitrogen and oxygen atoms in total. The summed E-state index contributed by atoms with van der Waals surface area (Å²) in [7, 11) is 0. The number of ether oxygens (including phenoxy) is 1. The van der Waals surface area contributed by atoms with Gasteiger partial charge in [0, 0.05) is 17.8 Å². The van der Waals surface area contributed by atoms with E-state index in [2.05, 4.69) is 61.9 Å². The highest BCUT2D eigenvalue weighted by atomic mass is 32.2. The van der Waals surface area contributed by atoms with Crippen LogP contribution in [0.5, 0.6) is 0 Å². The highest BCUT2D eigenvalue weighted by Gasteiger charge is 2.24. The van der Waals surface area contributed by atoms with Gasteiger partial charge in [0.15, 0.2) is 5.96 Å². The first-order chi connectivity index (χ1) is 12.1. The van der Waals surface area contributed by atoms with Crippen LogP contribution in [-0.2, 0) is 17.9 Å². The van der Waals surface area contributed by atoms with Crippen LogP contribution >= 0.6 is 11.8 Å².